The molecule has 86 valence electrons. The second-order valence-corrected chi connectivity index (χ2v) is 6.69. The van der Waals surface area contributed by atoms with Crippen molar-refractivity contribution in [3.8, 4) is 11.3 Å². The number of pyridine rings is 1. The van der Waals surface area contributed by atoms with Crippen molar-refractivity contribution in [2.45, 2.75) is 0 Å². The van der Waals surface area contributed by atoms with Gasteiger partial charge < -0.3 is 0 Å². The van der Waals surface area contributed by atoms with Crippen LogP contribution in [0, 0.1) is 0 Å². The van der Waals surface area contributed by atoms with E-state index in [1.54, 1.807) is 0 Å². The molecule has 1 nitrogen and oxygen atoms in total. The summed E-state index contributed by atoms with van der Waals surface area (Å²) in [6, 6.07) is 17.4. The lowest BCUT2D eigenvalue weighted by Gasteiger charge is -2.25. The molecule has 1 aliphatic heterocycles. The molecule has 0 radical (unpaired) electrons. The molecule has 1 unspecified atom stereocenters. The Morgan fingerprint density at radius 1 is 0.889 bits per heavy atom. The van der Waals surface area contributed by atoms with Gasteiger partial charge in [-0.05, 0) is 36.6 Å². The molecule has 0 bridgehead atoms. The quantitative estimate of drug-likeness (QED) is 0.557. The molecule has 2 heterocycles. The third-order valence-electron chi connectivity index (χ3n) is 3.65. The first kappa shape index (κ1) is 10.2. The Labute approximate surface area is 107 Å². The van der Waals surface area contributed by atoms with Crippen LogP contribution in [0.4, 0.5) is 0 Å². The molecule has 0 saturated heterocycles. The Morgan fingerprint density at radius 2 is 1.72 bits per heavy atom. The van der Waals surface area contributed by atoms with Crippen LogP contribution in [0.3, 0.4) is 0 Å². The fourth-order valence-corrected chi connectivity index (χ4v) is 4.78. The minimum atomic E-state index is -0.253. The highest BCUT2D eigenvalue weighted by Crippen LogP contribution is 2.42. The number of rotatable bonds is 0. The largest absolute Gasteiger partial charge is 0.256 e. The predicted octanol–water partition coefficient (Wildman–Crippen LogP) is 3.28. The maximum absolute atomic E-state index is 4.62. The zero-order valence-corrected chi connectivity index (χ0v) is 11.0. The van der Waals surface area contributed by atoms with Crippen LogP contribution < -0.4 is 10.6 Å². The van der Waals surface area contributed by atoms with E-state index in [0.29, 0.717) is 0 Å². The Balaban J connectivity index is 2.24. The topological polar surface area (TPSA) is 12.9 Å². The van der Waals surface area contributed by atoms with E-state index in [1.807, 2.05) is 6.20 Å². The minimum absolute atomic E-state index is 0.253. The molecule has 1 aliphatic rings. The fourth-order valence-electron chi connectivity index (χ4n) is 2.79. The molecule has 2 aromatic carbocycles. The van der Waals surface area contributed by atoms with Crippen molar-refractivity contribution < 1.29 is 0 Å². The average molecular weight is 249 g/mol. The number of aromatic nitrogens is 1. The van der Waals surface area contributed by atoms with Crippen molar-refractivity contribution in [3.63, 3.8) is 0 Å². The van der Waals surface area contributed by atoms with Gasteiger partial charge in [-0.25, -0.2) is 0 Å². The van der Waals surface area contributed by atoms with Gasteiger partial charge in [-0.3, -0.25) is 4.98 Å². The number of hydrogen-bond donors (Lipinski definition) is 0. The third kappa shape index (κ3) is 1.23. The second-order valence-electron chi connectivity index (χ2n) is 4.61. The number of nitrogens with zero attached hydrogens (tertiary/aromatic N) is 1. The maximum Gasteiger partial charge on any atom is 0.0793 e. The van der Waals surface area contributed by atoms with Gasteiger partial charge in [0.15, 0.2) is 0 Å². The van der Waals surface area contributed by atoms with E-state index < -0.39 is 0 Å². The molecule has 0 amide bonds. The lowest BCUT2D eigenvalue weighted by molar-refractivity contribution is 1.36. The van der Waals surface area contributed by atoms with E-state index in [1.165, 1.54) is 26.9 Å². The molecule has 2 heteroatoms. The van der Waals surface area contributed by atoms with E-state index in [-0.39, 0.29) is 7.92 Å². The van der Waals surface area contributed by atoms with Crippen LogP contribution in [0.15, 0.2) is 54.7 Å². The van der Waals surface area contributed by atoms with Gasteiger partial charge in [-0.2, -0.15) is 0 Å². The molecule has 3 aromatic rings. The Bertz CT molecular complexity index is 759. The minimum Gasteiger partial charge on any atom is -0.256 e. The number of benzene rings is 2. The Morgan fingerprint density at radius 3 is 2.67 bits per heavy atom. The van der Waals surface area contributed by atoms with Crippen LogP contribution in [-0.4, -0.2) is 11.6 Å². The summed E-state index contributed by atoms with van der Waals surface area (Å²) >= 11 is 0. The van der Waals surface area contributed by atoms with E-state index in [2.05, 4.69) is 60.2 Å². The summed E-state index contributed by atoms with van der Waals surface area (Å²) in [5.41, 5.74) is 2.47. The van der Waals surface area contributed by atoms with Crippen LogP contribution in [0.1, 0.15) is 0 Å². The summed E-state index contributed by atoms with van der Waals surface area (Å²) in [6.45, 7) is 2.35. The summed E-state index contributed by atoms with van der Waals surface area (Å²) in [5, 5.41) is 5.57. The fraction of sp³-hybridized carbons (Fsp3) is 0.0625. The zero-order chi connectivity index (χ0) is 12.1. The molecule has 1 aromatic heterocycles. The lowest BCUT2D eigenvalue weighted by Crippen LogP contribution is -2.19. The summed E-state index contributed by atoms with van der Waals surface area (Å²) in [4.78, 5) is 4.62. The molecule has 1 atom stereocenters. The van der Waals surface area contributed by atoms with Crippen LogP contribution >= 0.6 is 7.92 Å². The van der Waals surface area contributed by atoms with Gasteiger partial charge in [0, 0.05) is 17.1 Å². The average Bonchev–Trinajstić information content (AvgIpc) is 2.44. The molecular formula is C16H12NP. The zero-order valence-electron chi connectivity index (χ0n) is 10.1. The third-order valence-corrected chi connectivity index (χ3v) is 5.86. The predicted molar refractivity (Wildman–Crippen MR) is 79.3 cm³/mol. The van der Waals surface area contributed by atoms with Crippen molar-refractivity contribution in [1.82, 2.24) is 4.98 Å². The van der Waals surface area contributed by atoms with Gasteiger partial charge in [-0.1, -0.05) is 42.5 Å². The van der Waals surface area contributed by atoms with E-state index in [9.17, 15) is 0 Å². The van der Waals surface area contributed by atoms with Gasteiger partial charge >= 0.3 is 0 Å². The van der Waals surface area contributed by atoms with Crippen molar-refractivity contribution in [3.05, 3.63) is 54.7 Å². The van der Waals surface area contributed by atoms with Crippen molar-refractivity contribution >= 4 is 29.3 Å². The molecule has 0 N–H and O–H groups in total. The van der Waals surface area contributed by atoms with Crippen LogP contribution in [-0.2, 0) is 0 Å². The number of fused-ring (bicyclic) bond motifs is 2. The maximum atomic E-state index is 4.62. The van der Waals surface area contributed by atoms with E-state index in [4.69, 9.17) is 0 Å². The lowest BCUT2D eigenvalue weighted by atomic mass is 10.0. The Hall–Kier alpha value is -1.72. The summed E-state index contributed by atoms with van der Waals surface area (Å²) in [7, 11) is -0.253. The summed E-state index contributed by atoms with van der Waals surface area (Å²) in [5.74, 6) is 0. The first-order valence-electron chi connectivity index (χ1n) is 6.07. The van der Waals surface area contributed by atoms with E-state index in [0.717, 1.165) is 5.69 Å². The first-order valence-corrected chi connectivity index (χ1v) is 7.86. The summed E-state index contributed by atoms with van der Waals surface area (Å²) < 4.78 is 0. The molecular weight excluding hydrogens is 237 g/mol. The summed E-state index contributed by atoms with van der Waals surface area (Å²) in [6.07, 6.45) is 1.92. The van der Waals surface area contributed by atoms with Crippen molar-refractivity contribution in [2.75, 3.05) is 6.66 Å². The molecule has 4 rings (SSSR count). The smallest absolute Gasteiger partial charge is 0.0793 e. The van der Waals surface area contributed by atoms with Crippen molar-refractivity contribution in [2.24, 2.45) is 0 Å². The normalized spacial score (nSPS) is 16.6. The molecule has 18 heavy (non-hydrogen) atoms. The van der Waals surface area contributed by atoms with E-state index >= 15 is 0 Å². The molecule has 0 spiro atoms. The highest BCUT2D eigenvalue weighted by atomic mass is 31.1. The van der Waals surface area contributed by atoms with Crippen LogP contribution in [0.2, 0.25) is 0 Å². The van der Waals surface area contributed by atoms with Crippen LogP contribution in [0.25, 0.3) is 22.0 Å². The molecule has 0 saturated carbocycles. The van der Waals surface area contributed by atoms with Gasteiger partial charge in [0.2, 0.25) is 0 Å². The standard InChI is InChI=1S/C16H12NP/c1-18-13-7-3-2-6-12(13)16-15-11(9-10-17-16)5-4-8-14(15)18/h2-10H,1H3. The SMILES string of the molecule is CP1c2ccccc2-c2nccc3cccc1c23. The first-order chi connectivity index (χ1) is 8.86. The Kier molecular flexibility index (Phi) is 2.06. The molecule has 0 fully saturated rings. The monoisotopic (exact) mass is 249 g/mol. The highest BCUT2D eigenvalue weighted by Gasteiger charge is 2.23. The van der Waals surface area contributed by atoms with Gasteiger partial charge in [0.05, 0.1) is 5.69 Å². The van der Waals surface area contributed by atoms with Crippen molar-refractivity contribution in [1.29, 1.82) is 0 Å². The van der Waals surface area contributed by atoms with Gasteiger partial charge in [0.25, 0.3) is 0 Å². The van der Waals surface area contributed by atoms with Crippen LogP contribution in [0.5, 0.6) is 0 Å². The second kappa shape index (κ2) is 3.63. The van der Waals surface area contributed by atoms with Gasteiger partial charge in [-0.15, -0.1) is 0 Å². The van der Waals surface area contributed by atoms with Gasteiger partial charge in [0.1, 0.15) is 0 Å². The highest BCUT2D eigenvalue weighted by molar-refractivity contribution is 7.73. The number of hydrogen-bond acceptors (Lipinski definition) is 1. The molecule has 0 aliphatic carbocycles.